The zero-order valence-electron chi connectivity index (χ0n) is 13.8. The molecule has 0 atom stereocenters. The van der Waals surface area contributed by atoms with Crippen molar-refractivity contribution in [3.8, 4) is 16.9 Å². The second-order valence-corrected chi connectivity index (χ2v) is 5.66. The number of methoxy groups -OCH3 is 1. The fourth-order valence-corrected chi connectivity index (χ4v) is 2.79. The zero-order valence-corrected chi connectivity index (χ0v) is 13.8. The molecule has 1 aromatic heterocycles. The normalized spacial score (nSPS) is 10.6. The number of fused-ring (bicyclic) bond motifs is 1. The predicted molar refractivity (Wildman–Crippen MR) is 101 cm³/mol. The summed E-state index contributed by atoms with van der Waals surface area (Å²) in [7, 11) is 1.68. The van der Waals surface area contributed by atoms with E-state index in [1.165, 1.54) is 0 Å². The summed E-state index contributed by atoms with van der Waals surface area (Å²) >= 11 is 0. The van der Waals surface area contributed by atoms with E-state index in [4.69, 9.17) is 4.74 Å². The van der Waals surface area contributed by atoms with Gasteiger partial charge in [-0.25, -0.2) is 9.97 Å². The van der Waals surface area contributed by atoms with Crippen LogP contribution < -0.4 is 10.1 Å². The lowest BCUT2D eigenvalue weighted by atomic mass is 10.0. The van der Waals surface area contributed by atoms with Crippen LogP contribution in [-0.4, -0.2) is 17.1 Å². The van der Waals surface area contributed by atoms with Gasteiger partial charge < -0.3 is 10.1 Å². The fourth-order valence-electron chi connectivity index (χ4n) is 2.79. The lowest BCUT2D eigenvalue weighted by Crippen LogP contribution is -1.98. The molecule has 0 aliphatic rings. The maximum absolute atomic E-state index is 5.50. The van der Waals surface area contributed by atoms with Crippen molar-refractivity contribution in [3.63, 3.8) is 0 Å². The number of nitrogens with one attached hydrogen (secondary N) is 1. The highest BCUT2D eigenvalue weighted by Gasteiger charge is 2.08. The fraction of sp³-hybridized carbons (Fsp3) is 0.0476. The van der Waals surface area contributed by atoms with Gasteiger partial charge in [0.25, 0.3) is 0 Å². The lowest BCUT2D eigenvalue weighted by Gasteiger charge is -2.12. The van der Waals surface area contributed by atoms with Gasteiger partial charge in [0.05, 0.1) is 12.6 Å². The lowest BCUT2D eigenvalue weighted by molar-refractivity contribution is 0.416. The molecule has 0 saturated heterocycles. The first-order valence-corrected chi connectivity index (χ1v) is 8.06. The van der Waals surface area contributed by atoms with Crippen LogP contribution in [0.3, 0.4) is 0 Å². The highest BCUT2D eigenvalue weighted by Crippen LogP contribution is 2.33. The van der Waals surface area contributed by atoms with Crippen LogP contribution >= 0.6 is 0 Å². The van der Waals surface area contributed by atoms with E-state index in [9.17, 15) is 0 Å². The van der Waals surface area contributed by atoms with Crippen molar-refractivity contribution in [2.75, 3.05) is 12.4 Å². The van der Waals surface area contributed by atoms with Crippen molar-refractivity contribution in [1.29, 1.82) is 0 Å². The van der Waals surface area contributed by atoms with Crippen LogP contribution in [0.4, 0.5) is 11.6 Å². The quantitative estimate of drug-likeness (QED) is 0.570. The van der Waals surface area contributed by atoms with Crippen molar-refractivity contribution in [2.45, 2.75) is 0 Å². The molecule has 4 rings (SSSR count). The molecule has 1 N–H and O–H groups in total. The molecule has 122 valence electrons. The number of para-hydroxylation sites is 1. The summed E-state index contributed by atoms with van der Waals surface area (Å²) in [5.41, 5.74) is 3.95. The molecule has 0 amide bonds. The largest absolute Gasteiger partial charge is 0.496 e. The van der Waals surface area contributed by atoms with Gasteiger partial charge in [0.15, 0.2) is 0 Å². The molecule has 0 aliphatic carbocycles. The SMILES string of the molecule is COc1ccc(Nc2ncc3ccccc3n2)cc1-c1ccccc1. The summed E-state index contributed by atoms with van der Waals surface area (Å²) in [6.45, 7) is 0. The van der Waals surface area contributed by atoms with Gasteiger partial charge >= 0.3 is 0 Å². The van der Waals surface area contributed by atoms with Crippen LogP contribution in [0, 0.1) is 0 Å². The first kappa shape index (κ1) is 15.1. The van der Waals surface area contributed by atoms with Gasteiger partial charge in [-0.2, -0.15) is 0 Å². The van der Waals surface area contributed by atoms with E-state index in [1.54, 1.807) is 7.11 Å². The Morgan fingerprint density at radius 2 is 1.68 bits per heavy atom. The molecule has 0 bridgehead atoms. The highest BCUT2D eigenvalue weighted by atomic mass is 16.5. The minimum atomic E-state index is 0.572. The molecule has 4 nitrogen and oxygen atoms in total. The maximum Gasteiger partial charge on any atom is 0.227 e. The van der Waals surface area contributed by atoms with Crippen molar-refractivity contribution in [1.82, 2.24) is 9.97 Å². The Labute approximate surface area is 146 Å². The number of rotatable bonds is 4. The molecule has 25 heavy (non-hydrogen) atoms. The van der Waals surface area contributed by atoms with Gasteiger partial charge in [-0.1, -0.05) is 48.5 Å². The molecule has 3 aromatic carbocycles. The van der Waals surface area contributed by atoms with Crippen molar-refractivity contribution < 1.29 is 4.74 Å². The van der Waals surface area contributed by atoms with E-state index in [0.717, 1.165) is 33.5 Å². The van der Waals surface area contributed by atoms with Crippen molar-refractivity contribution >= 4 is 22.5 Å². The Hall–Kier alpha value is -3.40. The molecular weight excluding hydrogens is 310 g/mol. The summed E-state index contributed by atoms with van der Waals surface area (Å²) in [5.74, 6) is 1.40. The third-order valence-electron chi connectivity index (χ3n) is 4.03. The number of nitrogens with zero attached hydrogens (tertiary/aromatic N) is 2. The van der Waals surface area contributed by atoms with Gasteiger partial charge in [0, 0.05) is 22.8 Å². The number of aromatic nitrogens is 2. The second kappa shape index (κ2) is 6.61. The Kier molecular flexibility index (Phi) is 4.01. The predicted octanol–water partition coefficient (Wildman–Crippen LogP) is 5.05. The Morgan fingerprint density at radius 1 is 0.880 bits per heavy atom. The molecule has 4 aromatic rings. The van der Waals surface area contributed by atoms with E-state index in [-0.39, 0.29) is 0 Å². The van der Waals surface area contributed by atoms with Gasteiger partial charge in [-0.05, 0) is 29.8 Å². The number of benzene rings is 3. The maximum atomic E-state index is 5.50. The first-order valence-electron chi connectivity index (χ1n) is 8.06. The third-order valence-corrected chi connectivity index (χ3v) is 4.03. The Morgan fingerprint density at radius 3 is 2.52 bits per heavy atom. The molecule has 0 fully saturated rings. The van der Waals surface area contributed by atoms with E-state index in [0.29, 0.717) is 5.95 Å². The molecular formula is C21H17N3O. The van der Waals surface area contributed by atoms with Crippen molar-refractivity contribution in [2.24, 2.45) is 0 Å². The number of ether oxygens (including phenoxy) is 1. The van der Waals surface area contributed by atoms with Gasteiger partial charge in [0.1, 0.15) is 5.75 Å². The highest BCUT2D eigenvalue weighted by molar-refractivity contribution is 5.80. The Balaban J connectivity index is 1.70. The summed E-state index contributed by atoms with van der Waals surface area (Å²) in [4.78, 5) is 8.96. The van der Waals surface area contributed by atoms with E-state index in [1.807, 2.05) is 66.9 Å². The first-order chi connectivity index (χ1) is 12.3. The number of hydrogen-bond acceptors (Lipinski definition) is 4. The molecule has 0 spiro atoms. The molecule has 0 saturated carbocycles. The van der Waals surface area contributed by atoms with Crippen molar-refractivity contribution in [3.05, 3.63) is 79.0 Å². The van der Waals surface area contributed by atoms with E-state index < -0.39 is 0 Å². The summed E-state index contributed by atoms with van der Waals surface area (Å²) in [6, 6.07) is 24.0. The third kappa shape index (κ3) is 3.15. The zero-order chi connectivity index (χ0) is 17.1. The van der Waals surface area contributed by atoms with E-state index in [2.05, 4.69) is 27.4 Å². The van der Waals surface area contributed by atoms with Crippen LogP contribution in [0.5, 0.6) is 5.75 Å². The molecule has 0 aliphatic heterocycles. The molecule has 1 heterocycles. The van der Waals surface area contributed by atoms with Crippen LogP contribution in [0.25, 0.3) is 22.0 Å². The average molecular weight is 327 g/mol. The monoisotopic (exact) mass is 327 g/mol. The van der Waals surface area contributed by atoms with Gasteiger partial charge in [-0.3, -0.25) is 0 Å². The summed E-state index contributed by atoms with van der Waals surface area (Å²) in [6.07, 6.45) is 1.83. The molecule has 0 unspecified atom stereocenters. The second-order valence-electron chi connectivity index (χ2n) is 5.66. The van der Waals surface area contributed by atoms with Crippen LogP contribution in [-0.2, 0) is 0 Å². The van der Waals surface area contributed by atoms with Gasteiger partial charge in [0.2, 0.25) is 5.95 Å². The molecule has 0 radical (unpaired) electrons. The standard InChI is InChI=1S/C21H17N3O/c1-25-20-12-11-17(13-18(20)15-7-3-2-4-8-15)23-21-22-14-16-9-5-6-10-19(16)24-21/h2-14H,1H3,(H,22,23,24). The summed E-state index contributed by atoms with van der Waals surface area (Å²) < 4.78 is 5.50. The van der Waals surface area contributed by atoms with Crippen LogP contribution in [0.15, 0.2) is 79.0 Å². The smallest absolute Gasteiger partial charge is 0.227 e. The average Bonchev–Trinajstić information content (AvgIpc) is 2.68. The number of anilines is 2. The summed E-state index contributed by atoms with van der Waals surface area (Å²) in [5, 5.41) is 4.30. The van der Waals surface area contributed by atoms with Crippen LogP contribution in [0.1, 0.15) is 0 Å². The minimum absolute atomic E-state index is 0.572. The van der Waals surface area contributed by atoms with Crippen LogP contribution in [0.2, 0.25) is 0 Å². The minimum Gasteiger partial charge on any atom is -0.496 e. The Bertz CT molecular complexity index is 1020. The molecule has 4 heteroatoms. The number of hydrogen-bond donors (Lipinski definition) is 1. The van der Waals surface area contributed by atoms with Gasteiger partial charge in [-0.15, -0.1) is 0 Å². The van der Waals surface area contributed by atoms with E-state index >= 15 is 0 Å². The topological polar surface area (TPSA) is 47.0 Å².